The third kappa shape index (κ3) is 3.95. The number of halogens is 1. The van der Waals surface area contributed by atoms with Crippen LogP contribution in [0.5, 0.6) is 0 Å². The van der Waals surface area contributed by atoms with Gasteiger partial charge in [0, 0.05) is 31.9 Å². The topological polar surface area (TPSA) is 117 Å². The number of ether oxygens (including phenoxy) is 1. The average Bonchev–Trinajstić information content (AvgIpc) is 3.11. The van der Waals surface area contributed by atoms with Gasteiger partial charge in [-0.3, -0.25) is 14.9 Å². The second-order valence-corrected chi connectivity index (χ2v) is 5.37. The molecule has 3 rings (SSSR count). The summed E-state index contributed by atoms with van der Waals surface area (Å²) in [6, 6.07) is 7.79. The van der Waals surface area contributed by atoms with E-state index in [0.717, 1.165) is 0 Å². The Bertz CT molecular complexity index is 766. The van der Waals surface area contributed by atoms with Crippen LogP contribution in [0.2, 0.25) is 0 Å². The molecule has 2 aromatic rings. The standard InChI is InChI=1S/C15H17N5O4.ClH/c16-9-11-10-18(7-8-24-11)15(21)12-5-6-19(17-12)13-3-1-2-4-14(13)20(22)23;/h1-6,11H,7-10,16H2;1H. The number of rotatable bonds is 4. The van der Waals surface area contributed by atoms with Crippen molar-refractivity contribution in [2.75, 3.05) is 26.2 Å². The minimum atomic E-state index is -0.480. The Morgan fingerprint density at radius 1 is 1.40 bits per heavy atom. The number of amides is 1. The minimum Gasteiger partial charge on any atom is -0.373 e. The van der Waals surface area contributed by atoms with Crippen LogP contribution >= 0.6 is 12.4 Å². The Balaban J connectivity index is 0.00000225. The fraction of sp³-hybridized carbons (Fsp3) is 0.333. The maximum atomic E-state index is 12.5. The van der Waals surface area contributed by atoms with Crippen LogP contribution in [0, 0.1) is 10.1 Å². The predicted octanol–water partition coefficient (Wildman–Crippen LogP) is 1.00. The van der Waals surface area contributed by atoms with Crippen molar-refractivity contribution >= 4 is 24.0 Å². The normalized spacial score (nSPS) is 17.0. The molecule has 1 fully saturated rings. The highest BCUT2D eigenvalue weighted by Crippen LogP contribution is 2.22. The molecule has 1 aliphatic rings. The molecular weight excluding hydrogens is 350 g/mol. The lowest BCUT2D eigenvalue weighted by molar-refractivity contribution is -0.384. The first-order valence-electron chi connectivity index (χ1n) is 7.50. The molecule has 1 aliphatic heterocycles. The van der Waals surface area contributed by atoms with Crippen molar-refractivity contribution in [2.24, 2.45) is 5.73 Å². The molecule has 1 atom stereocenters. The van der Waals surface area contributed by atoms with E-state index in [-0.39, 0.29) is 35.8 Å². The van der Waals surface area contributed by atoms with Gasteiger partial charge < -0.3 is 15.4 Å². The zero-order valence-corrected chi connectivity index (χ0v) is 14.1. The van der Waals surface area contributed by atoms with Crippen LogP contribution in [-0.2, 0) is 4.74 Å². The number of nitro groups is 1. The molecule has 1 unspecified atom stereocenters. The van der Waals surface area contributed by atoms with Crippen LogP contribution in [0.1, 0.15) is 10.5 Å². The third-order valence-electron chi connectivity index (χ3n) is 3.82. The van der Waals surface area contributed by atoms with Gasteiger partial charge in [-0.05, 0) is 12.1 Å². The fourth-order valence-corrected chi connectivity index (χ4v) is 2.59. The number of hydrogen-bond donors (Lipinski definition) is 1. The average molecular weight is 368 g/mol. The maximum absolute atomic E-state index is 12.5. The van der Waals surface area contributed by atoms with Crippen LogP contribution in [0.3, 0.4) is 0 Å². The van der Waals surface area contributed by atoms with Crippen molar-refractivity contribution in [3.63, 3.8) is 0 Å². The Kier molecular flexibility index (Phi) is 6.07. The molecule has 134 valence electrons. The molecule has 1 amide bonds. The highest BCUT2D eigenvalue weighted by molar-refractivity contribution is 5.92. The van der Waals surface area contributed by atoms with Gasteiger partial charge in [-0.15, -0.1) is 12.4 Å². The number of carbonyl (C=O) groups excluding carboxylic acids is 1. The molecule has 1 aromatic heterocycles. The first-order valence-corrected chi connectivity index (χ1v) is 7.50. The number of para-hydroxylation sites is 2. The van der Waals surface area contributed by atoms with E-state index in [2.05, 4.69) is 5.10 Å². The van der Waals surface area contributed by atoms with Gasteiger partial charge in [0.15, 0.2) is 5.69 Å². The van der Waals surface area contributed by atoms with E-state index in [1.165, 1.54) is 16.9 Å². The van der Waals surface area contributed by atoms with Gasteiger partial charge in [-0.1, -0.05) is 12.1 Å². The minimum absolute atomic E-state index is 0. The molecule has 25 heavy (non-hydrogen) atoms. The van der Waals surface area contributed by atoms with Gasteiger partial charge in [0.1, 0.15) is 5.69 Å². The Hall–Kier alpha value is -2.49. The first-order chi connectivity index (χ1) is 11.6. The molecule has 0 radical (unpaired) electrons. The summed E-state index contributed by atoms with van der Waals surface area (Å²) in [5.41, 5.74) is 6.04. The van der Waals surface area contributed by atoms with Gasteiger partial charge in [0.05, 0.1) is 17.6 Å². The van der Waals surface area contributed by atoms with E-state index in [9.17, 15) is 14.9 Å². The number of nitro benzene ring substituents is 1. The third-order valence-corrected chi connectivity index (χ3v) is 3.82. The van der Waals surface area contributed by atoms with E-state index in [1.807, 2.05) is 0 Å². The van der Waals surface area contributed by atoms with E-state index in [4.69, 9.17) is 10.5 Å². The van der Waals surface area contributed by atoms with Crippen molar-refractivity contribution < 1.29 is 14.5 Å². The molecule has 10 heteroatoms. The lowest BCUT2D eigenvalue weighted by Gasteiger charge is -2.31. The number of benzene rings is 1. The van der Waals surface area contributed by atoms with Crippen LogP contribution in [0.4, 0.5) is 5.69 Å². The van der Waals surface area contributed by atoms with Gasteiger partial charge in [-0.2, -0.15) is 5.10 Å². The first kappa shape index (κ1) is 18.8. The van der Waals surface area contributed by atoms with E-state index >= 15 is 0 Å². The van der Waals surface area contributed by atoms with E-state index < -0.39 is 4.92 Å². The van der Waals surface area contributed by atoms with Gasteiger partial charge >= 0.3 is 0 Å². The number of nitrogens with two attached hydrogens (primary N) is 1. The van der Waals surface area contributed by atoms with Gasteiger partial charge in [-0.25, -0.2) is 4.68 Å². The molecule has 2 heterocycles. The van der Waals surface area contributed by atoms with E-state index in [1.54, 1.807) is 29.2 Å². The second-order valence-electron chi connectivity index (χ2n) is 5.37. The molecule has 1 saturated heterocycles. The maximum Gasteiger partial charge on any atom is 0.294 e. The molecular formula is C15H18ClN5O4. The quantitative estimate of drug-likeness (QED) is 0.636. The largest absolute Gasteiger partial charge is 0.373 e. The Morgan fingerprint density at radius 3 is 2.88 bits per heavy atom. The highest BCUT2D eigenvalue weighted by atomic mass is 35.5. The summed E-state index contributed by atoms with van der Waals surface area (Å²) in [6.07, 6.45) is 1.36. The molecule has 9 nitrogen and oxygen atoms in total. The fourth-order valence-electron chi connectivity index (χ4n) is 2.59. The number of hydrogen-bond acceptors (Lipinski definition) is 6. The summed E-state index contributed by atoms with van der Waals surface area (Å²) in [5.74, 6) is -0.242. The molecule has 2 N–H and O–H groups in total. The van der Waals surface area contributed by atoms with Crippen molar-refractivity contribution in [2.45, 2.75) is 6.10 Å². The van der Waals surface area contributed by atoms with Gasteiger partial charge in [0.2, 0.25) is 0 Å². The van der Waals surface area contributed by atoms with Crippen LogP contribution in [-0.4, -0.2) is 57.9 Å². The number of morpholine rings is 1. The zero-order chi connectivity index (χ0) is 17.1. The van der Waals surface area contributed by atoms with Crippen molar-refractivity contribution in [1.29, 1.82) is 0 Å². The molecule has 1 aromatic carbocycles. The van der Waals surface area contributed by atoms with Crippen molar-refractivity contribution in [1.82, 2.24) is 14.7 Å². The molecule has 0 spiro atoms. The van der Waals surface area contributed by atoms with E-state index in [0.29, 0.717) is 31.9 Å². The Labute approximate surface area is 149 Å². The molecule has 0 saturated carbocycles. The number of carbonyl (C=O) groups is 1. The summed E-state index contributed by atoms with van der Waals surface area (Å²) >= 11 is 0. The summed E-state index contributed by atoms with van der Waals surface area (Å²) in [5, 5.41) is 15.3. The number of aromatic nitrogens is 2. The SMILES string of the molecule is Cl.NCC1CN(C(=O)c2ccn(-c3ccccc3[N+](=O)[O-])n2)CCO1. The van der Waals surface area contributed by atoms with Crippen LogP contribution in [0.15, 0.2) is 36.5 Å². The Morgan fingerprint density at radius 2 is 2.16 bits per heavy atom. The molecule has 0 bridgehead atoms. The zero-order valence-electron chi connectivity index (χ0n) is 13.3. The summed E-state index contributed by atoms with van der Waals surface area (Å²) in [4.78, 5) is 24.8. The molecule has 0 aliphatic carbocycles. The monoisotopic (exact) mass is 367 g/mol. The summed E-state index contributed by atoms with van der Waals surface area (Å²) < 4.78 is 6.78. The van der Waals surface area contributed by atoms with Crippen molar-refractivity contribution in [3.8, 4) is 5.69 Å². The summed E-state index contributed by atoms with van der Waals surface area (Å²) in [7, 11) is 0. The lowest BCUT2D eigenvalue weighted by Crippen LogP contribution is -2.48. The van der Waals surface area contributed by atoms with Crippen LogP contribution in [0.25, 0.3) is 5.69 Å². The predicted molar refractivity (Wildman–Crippen MR) is 92.2 cm³/mol. The summed E-state index contributed by atoms with van der Waals surface area (Å²) in [6.45, 7) is 1.65. The smallest absolute Gasteiger partial charge is 0.294 e. The van der Waals surface area contributed by atoms with Crippen molar-refractivity contribution in [3.05, 3.63) is 52.3 Å². The second kappa shape index (κ2) is 8.06. The van der Waals surface area contributed by atoms with Crippen LogP contribution < -0.4 is 5.73 Å². The van der Waals surface area contributed by atoms with Gasteiger partial charge in [0.25, 0.3) is 11.6 Å². The number of nitrogens with zero attached hydrogens (tertiary/aromatic N) is 4. The lowest BCUT2D eigenvalue weighted by atomic mass is 10.2. The highest BCUT2D eigenvalue weighted by Gasteiger charge is 2.26.